The quantitative estimate of drug-likeness (QED) is 0.678. The second-order valence-corrected chi connectivity index (χ2v) is 4.21. The van der Waals surface area contributed by atoms with E-state index < -0.39 is 0 Å². The van der Waals surface area contributed by atoms with E-state index in [4.69, 9.17) is 0 Å². The number of hydrogen-bond donors (Lipinski definition) is 2. The Labute approximate surface area is 87.5 Å². The summed E-state index contributed by atoms with van der Waals surface area (Å²) in [6.45, 7) is 3.95. The first-order valence-electron chi connectivity index (χ1n) is 5.27. The van der Waals surface area contributed by atoms with Crippen LogP contribution < -0.4 is 5.32 Å². The van der Waals surface area contributed by atoms with Gasteiger partial charge in [-0.15, -0.1) is 0 Å². The van der Waals surface area contributed by atoms with Crippen molar-refractivity contribution in [3.05, 3.63) is 35.3 Å². The van der Waals surface area contributed by atoms with Gasteiger partial charge in [0.25, 0.3) is 0 Å². The number of fused-ring (bicyclic) bond motifs is 3. The van der Waals surface area contributed by atoms with Crippen LogP contribution in [0.15, 0.2) is 18.2 Å². The third kappa shape index (κ3) is 1.20. The van der Waals surface area contributed by atoms with Crippen molar-refractivity contribution in [3.8, 4) is 0 Å². The van der Waals surface area contributed by atoms with Crippen molar-refractivity contribution in [2.24, 2.45) is 0 Å². The maximum Gasteiger partial charge on any atom is 0.147 e. The molecule has 1 aliphatic rings. The molecule has 2 aromatic rings. The lowest BCUT2D eigenvalue weighted by Gasteiger charge is -2.20. The van der Waals surface area contributed by atoms with Crippen molar-refractivity contribution in [2.75, 3.05) is 6.54 Å². The van der Waals surface area contributed by atoms with Crippen LogP contribution in [0.2, 0.25) is 0 Å². The second kappa shape index (κ2) is 3.07. The molecule has 78 valence electrons. The molecule has 1 atom stereocenters. The molecule has 0 saturated heterocycles. The highest BCUT2D eigenvalue weighted by atomic mass is 19.1. The number of H-pyrrole nitrogens is 1. The summed E-state index contributed by atoms with van der Waals surface area (Å²) in [6, 6.07) is 5.28. The molecule has 3 rings (SSSR count). The molecule has 1 aromatic heterocycles. The number of hydrogen-bond acceptors (Lipinski definition) is 1. The third-order valence-electron chi connectivity index (χ3n) is 3.15. The van der Waals surface area contributed by atoms with Gasteiger partial charge in [0.05, 0.1) is 5.52 Å². The lowest BCUT2D eigenvalue weighted by Crippen LogP contribution is -2.26. The Morgan fingerprint density at radius 3 is 3.13 bits per heavy atom. The lowest BCUT2D eigenvalue weighted by atomic mass is 9.95. The van der Waals surface area contributed by atoms with Crippen LogP contribution >= 0.6 is 0 Å². The van der Waals surface area contributed by atoms with E-state index in [-0.39, 0.29) is 5.82 Å². The Hall–Kier alpha value is -1.35. The first-order chi connectivity index (χ1) is 7.27. The number of aromatic amines is 1. The van der Waals surface area contributed by atoms with Crippen molar-refractivity contribution >= 4 is 10.9 Å². The molecule has 0 fully saturated rings. The molecule has 0 bridgehead atoms. The van der Waals surface area contributed by atoms with Crippen LogP contribution in [0.5, 0.6) is 0 Å². The number of para-hydroxylation sites is 1. The van der Waals surface area contributed by atoms with Gasteiger partial charge in [-0.25, -0.2) is 4.39 Å². The van der Waals surface area contributed by atoms with Gasteiger partial charge in [-0.2, -0.15) is 0 Å². The summed E-state index contributed by atoms with van der Waals surface area (Å²) in [5.41, 5.74) is 3.06. The Morgan fingerprint density at radius 2 is 2.27 bits per heavy atom. The predicted molar refractivity (Wildman–Crippen MR) is 58.4 cm³/mol. The molecule has 0 amide bonds. The normalized spacial score (nSPS) is 20.5. The minimum atomic E-state index is -0.158. The number of nitrogens with one attached hydrogen (secondary N) is 2. The van der Waals surface area contributed by atoms with Gasteiger partial charge in [0.2, 0.25) is 0 Å². The summed E-state index contributed by atoms with van der Waals surface area (Å²) < 4.78 is 13.5. The number of rotatable bonds is 0. The zero-order valence-corrected chi connectivity index (χ0v) is 8.60. The van der Waals surface area contributed by atoms with E-state index in [1.165, 1.54) is 11.6 Å². The maximum absolute atomic E-state index is 13.5. The zero-order chi connectivity index (χ0) is 10.4. The van der Waals surface area contributed by atoms with Gasteiger partial charge in [-0.3, -0.25) is 0 Å². The molecule has 1 aliphatic heterocycles. The maximum atomic E-state index is 13.5. The summed E-state index contributed by atoms with van der Waals surface area (Å²) in [7, 11) is 0. The molecule has 2 heterocycles. The Kier molecular flexibility index (Phi) is 1.83. The van der Waals surface area contributed by atoms with E-state index in [2.05, 4.69) is 17.2 Å². The number of aromatic nitrogens is 1. The average Bonchev–Trinajstić information content (AvgIpc) is 2.59. The van der Waals surface area contributed by atoms with Crippen molar-refractivity contribution < 1.29 is 4.39 Å². The fraction of sp³-hybridized carbons (Fsp3) is 0.333. The van der Waals surface area contributed by atoms with Gasteiger partial charge in [-0.1, -0.05) is 19.1 Å². The van der Waals surface area contributed by atoms with Gasteiger partial charge in [0.1, 0.15) is 5.82 Å². The molecule has 0 aliphatic carbocycles. The summed E-state index contributed by atoms with van der Waals surface area (Å²) in [4.78, 5) is 3.18. The Morgan fingerprint density at radius 1 is 1.40 bits per heavy atom. The SMILES string of the molecule is CC1CNCc2[nH]c3c(F)cccc3c21. The summed E-state index contributed by atoms with van der Waals surface area (Å²) in [6.07, 6.45) is 0. The van der Waals surface area contributed by atoms with Crippen LogP contribution in [-0.2, 0) is 6.54 Å². The van der Waals surface area contributed by atoms with Gasteiger partial charge in [0.15, 0.2) is 0 Å². The molecule has 0 radical (unpaired) electrons. The fourth-order valence-electron chi connectivity index (χ4n) is 2.47. The molecule has 1 unspecified atom stereocenters. The molecule has 15 heavy (non-hydrogen) atoms. The van der Waals surface area contributed by atoms with E-state index >= 15 is 0 Å². The second-order valence-electron chi connectivity index (χ2n) is 4.21. The zero-order valence-electron chi connectivity index (χ0n) is 8.60. The Bertz CT molecular complexity index is 516. The van der Waals surface area contributed by atoms with Crippen molar-refractivity contribution in [1.82, 2.24) is 10.3 Å². The minimum absolute atomic E-state index is 0.158. The highest BCUT2D eigenvalue weighted by molar-refractivity contribution is 5.86. The highest BCUT2D eigenvalue weighted by Crippen LogP contribution is 2.32. The minimum Gasteiger partial charge on any atom is -0.355 e. The van der Waals surface area contributed by atoms with Gasteiger partial charge < -0.3 is 10.3 Å². The number of benzene rings is 1. The molecule has 2 nitrogen and oxygen atoms in total. The molecule has 0 saturated carbocycles. The number of halogens is 1. The smallest absolute Gasteiger partial charge is 0.147 e. The van der Waals surface area contributed by atoms with E-state index in [0.29, 0.717) is 11.4 Å². The summed E-state index contributed by atoms with van der Waals surface area (Å²) in [5.74, 6) is 0.290. The molecular formula is C12H13FN2. The van der Waals surface area contributed by atoms with Crippen LogP contribution in [0.1, 0.15) is 24.1 Å². The van der Waals surface area contributed by atoms with E-state index in [9.17, 15) is 4.39 Å². The largest absolute Gasteiger partial charge is 0.355 e. The third-order valence-corrected chi connectivity index (χ3v) is 3.15. The van der Waals surface area contributed by atoms with E-state index in [1.807, 2.05) is 6.07 Å². The summed E-state index contributed by atoms with van der Waals surface area (Å²) >= 11 is 0. The van der Waals surface area contributed by atoms with Crippen molar-refractivity contribution in [3.63, 3.8) is 0 Å². The topological polar surface area (TPSA) is 27.8 Å². The first-order valence-corrected chi connectivity index (χ1v) is 5.27. The molecule has 1 aromatic carbocycles. The molecule has 2 N–H and O–H groups in total. The lowest BCUT2D eigenvalue weighted by molar-refractivity contribution is 0.568. The van der Waals surface area contributed by atoms with Crippen LogP contribution in [0.3, 0.4) is 0 Å². The van der Waals surface area contributed by atoms with Crippen molar-refractivity contribution in [2.45, 2.75) is 19.4 Å². The fourth-order valence-corrected chi connectivity index (χ4v) is 2.47. The van der Waals surface area contributed by atoms with Crippen molar-refractivity contribution in [1.29, 1.82) is 0 Å². The average molecular weight is 204 g/mol. The standard InChI is InChI=1S/C12H13FN2/c1-7-5-14-6-10-11(7)8-3-2-4-9(13)12(8)15-10/h2-4,7,14-15H,5-6H2,1H3. The first kappa shape index (κ1) is 8.92. The monoisotopic (exact) mass is 204 g/mol. The predicted octanol–water partition coefficient (Wildman–Crippen LogP) is 2.51. The van der Waals surface area contributed by atoms with Gasteiger partial charge >= 0.3 is 0 Å². The van der Waals surface area contributed by atoms with E-state index in [1.54, 1.807) is 6.07 Å². The van der Waals surface area contributed by atoms with E-state index in [0.717, 1.165) is 24.2 Å². The Balaban J connectivity index is 2.36. The molecule has 3 heteroatoms. The highest BCUT2D eigenvalue weighted by Gasteiger charge is 2.21. The van der Waals surface area contributed by atoms with Crippen LogP contribution in [0, 0.1) is 5.82 Å². The van der Waals surface area contributed by atoms with Crippen LogP contribution in [0.4, 0.5) is 4.39 Å². The summed E-state index contributed by atoms with van der Waals surface area (Å²) in [5, 5.41) is 4.36. The molecule has 0 spiro atoms. The van der Waals surface area contributed by atoms with Gasteiger partial charge in [-0.05, 0) is 17.5 Å². The van der Waals surface area contributed by atoms with Crippen LogP contribution in [0.25, 0.3) is 10.9 Å². The molecular weight excluding hydrogens is 191 g/mol. The van der Waals surface area contributed by atoms with Gasteiger partial charge in [0, 0.05) is 24.2 Å². The van der Waals surface area contributed by atoms with Crippen LogP contribution in [-0.4, -0.2) is 11.5 Å².